The van der Waals surface area contributed by atoms with E-state index in [0.29, 0.717) is 27.6 Å². The van der Waals surface area contributed by atoms with Crippen LogP contribution in [0.1, 0.15) is 40.0 Å². The standard InChI is InChI=1S/C27H21ClFN3O3/c1-30-25(34)21-20-10-19(23(28)31-26(20)35-22(21)15-5-7-18(29)8-6-15)16-3-2-4-17(9-16)24(33)32-27-11-14(12-27)13-27/h2-10,14H,11-13H2,1H3,(H,30,34)(H,32,33). The zero-order chi connectivity index (χ0) is 24.3. The van der Waals surface area contributed by atoms with Gasteiger partial charge in [0, 0.05) is 29.3 Å². The van der Waals surface area contributed by atoms with Crippen molar-refractivity contribution in [3.8, 4) is 22.5 Å². The van der Waals surface area contributed by atoms with Crippen molar-refractivity contribution >= 4 is 34.5 Å². The molecule has 176 valence electrons. The summed E-state index contributed by atoms with van der Waals surface area (Å²) in [4.78, 5) is 30.1. The fourth-order valence-electron chi connectivity index (χ4n) is 5.13. The van der Waals surface area contributed by atoms with E-state index in [1.807, 2.05) is 6.07 Å². The lowest BCUT2D eigenvalue weighted by molar-refractivity contribution is -0.0438. The highest BCUT2D eigenvalue weighted by molar-refractivity contribution is 6.32. The van der Waals surface area contributed by atoms with Crippen LogP contribution in [-0.2, 0) is 0 Å². The van der Waals surface area contributed by atoms with E-state index in [2.05, 4.69) is 15.6 Å². The van der Waals surface area contributed by atoms with Gasteiger partial charge in [0.2, 0.25) is 5.71 Å². The molecule has 0 atom stereocenters. The van der Waals surface area contributed by atoms with Gasteiger partial charge in [0.25, 0.3) is 11.8 Å². The van der Waals surface area contributed by atoms with Crippen molar-refractivity contribution in [1.29, 1.82) is 0 Å². The van der Waals surface area contributed by atoms with Gasteiger partial charge in [0.15, 0.2) is 0 Å². The van der Waals surface area contributed by atoms with Crippen LogP contribution in [0.2, 0.25) is 5.15 Å². The summed E-state index contributed by atoms with van der Waals surface area (Å²) in [5.74, 6) is 0.162. The number of nitrogens with zero attached hydrogens (tertiary/aromatic N) is 1. The molecule has 35 heavy (non-hydrogen) atoms. The average Bonchev–Trinajstić information content (AvgIpc) is 3.18. The summed E-state index contributed by atoms with van der Waals surface area (Å²) in [7, 11) is 1.52. The topological polar surface area (TPSA) is 84.2 Å². The fraction of sp³-hybridized carbons (Fsp3) is 0.222. The van der Waals surface area contributed by atoms with Gasteiger partial charge < -0.3 is 15.1 Å². The van der Waals surface area contributed by atoms with E-state index < -0.39 is 5.82 Å². The van der Waals surface area contributed by atoms with Crippen LogP contribution in [0, 0.1) is 11.7 Å². The van der Waals surface area contributed by atoms with Crippen LogP contribution in [0.15, 0.2) is 59.0 Å². The molecule has 2 aromatic heterocycles. The predicted molar refractivity (Wildman–Crippen MR) is 131 cm³/mol. The van der Waals surface area contributed by atoms with Crippen molar-refractivity contribution in [1.82, 2.24) is 15.6 Å². The third-order valence-corrected chi connectivity index (χ3v) is 7.34. The number of carbonyl (C=O) groups excluding carboxylic acids is 2. The molecule has 2 bridgehead atoms. The molecule has 0 spiro atoms. The van der Waals surface area contributed by atoms with Gasteiger partial charge >= 0.3 is 0 Å². The molecule has 3 aliphatic carbocycles. The number of hydrogen-bond donors (Lipinski definition) is 2. The lowest BCUT2D eigenvalue weighted by Gasteiger charge is -2.61. The van der Waals surface area contributed by atoms with Crippen LogP contribution in [0.5, 0.6) is 0 Å². The Labute approximate surface area is 205 Å². The van der Waals surface area contributed by atoms with E-state index in [9.17, 15) is 14.0 Å². The van der Waals surface area contributed by atoms with Crippen molar-refractivity contribution in [3.05, 3.63) is 76.7 Å². The minimum atomic E-state index is -0.396. The van der Waals surface area contributed by atoms with Gasteiger partial charge in [-0.1, -0.05) is 23.7 Å². The average molecular weight is 490 g/mol. The second-order valence-corrected chi connectivity index (χ2v) is 9.72. The SMILES string of the molecule is CNC(=O)c1c(-c2ccc(F)cc2)oc2nc(Cl)c(-c3cccc(C(=O)NC45CC(C4)C5)c3)cc12. The number of rotatable bonds is 5. The number of furan rings is 1. The van der Waals surface area contributed by atoms with Gasteiger partial charge in [0.1, 0.15) is 16.7 Å². The zero-order valence-electron chi connectivity index (χ0n) is 18.8. The second-order valence-electron chi connectivity index (χ2n) is 9.37. The summed E-state index contributed by atoms with van der Waals surface area (Å²) in [6.45, 7) is 0. The van der Waals surface area contributed by atoms with Gasteiger partial charge in [-0.15, -0.1) is 0 Å². The van der Waals surface area contributed by atoms with Crippen LogP contribution in [-0.4, -0.2) is 29.4 Å². The second kappa shape index (κ2) is 7.92. The quantitative estimate of drug-likeness (QED) is 0.357. The van der Waals surface area contributed by atoms with Crippen molar-refractivity contribution < 1.29 is 18.4 Å². The molecule has 0 unspecified atom stereocenters. The van der Waals surface area contributed by atoms with Crippen LogP contribution in [0.3, 0.4) is 0 Å². The molecule has 6 nitrogen and oxygen atoms in total. The molecule has 0 saturated heterocycles. The van der Waals surface area contributed by atoms with Crippen molar-refractivity contribution in [2.24, 2.45) is 5.92 Å². The molecule has 3 aliphatic rings. The van der Waals surface area contributed by atoms with Crippen molar-refractivity contribution in [2.45, 2.75) is 24.8 Å². The Morgan fingerprint density at radius 3 is 2.46 bits per heavy atom. The first-order chi connectivity index (χ1) is 16.9. The number of halogens is 2. The number of carbonyl (C=O) groups is 2. The largest absolute Gasteiger partial charge is 0.437 e. The molecule has 3 fully saturated rings. The van der Waals surface area contributed by atoms with Gasteiger partial charge in [0.05, 0.1) is 10.9 Å². The van der Waals surface area contributed by atoms with E-state index >= 15 is 0 Å². The molecule has 2 aromatic carbocycles. The number of fused-ring (bicyclic) bond motifs is 1. The molecule has 7 rings (SSSR count). The van der Waals surface area contributed by atoms with Crippen LogP contribution in [0.25, 0.3) is 33.6 Å². The van der Waals surface area contributed by atoms with E-state index in [-0.39, 0.29) is 39.5 Å². The lowest BCUT2D eigenvalue weighted by Crippen LogP contribution is -2.68. The minimum absolute atomic E-state index is 0.0220. The maximum Gasteiger partial charge on any atom is 0.255 e. The Bertz CT molecular complexity index is 1500. The Hall–Kier alpha value is -3.71. The van der Waals surface area contributed by atoms with Crippen LogP contribution in [0.4, 0.5) is 4.39 Å². The number of hydrogen-bond acceptors (Lipinski definition) is 4. The molecule has 2 N–H and O–H groups in total. The third-order valence-electron chi connectivity index (χ3n) is 7.05. The molecule has 8 heteroatoms. The fourth-order valence-corrected chi connectivity index (χ4v) is 5.37. The van der Waals surface area contributed by atoms with Gasteiger partial charge in [-0.25, -0.2) is 9.37 Å². The normalized spacial score (nSPS) is 20.1. The van der Waals surface area contributed by atoms with Gasteiger partial charge in [-0.3, -0.25) is 9.59 Å². The number of benzene rings is 2. The van der Waals surface area contributed by atoms with E-state index in [1.54, 1.807) is 24.3 Å². The maximum absolute atomic E-state index is 13.5. The van der Waals surface area contributed by atoms with E-state index in [4.69, 9.17) is 16.0 Å². The predicted octanol–water partition coefficient (Wildman–Crippen LogP) is 5.60. The van der Waals surface area contributed by atoms with Crippen molar-refractivity contribution in [2.75, 3.05) is 7.05 Å². The molecular formula is C27H21ClFN3O3. The number of amides is 2. The number of aromatic nitrogens is 1. The summed E-state index contributed by atoms with van der Waals surface area (Å²) in [6, 6.07) is 14.6. The highest BCUT2D eigenvalue weighted by Crippen LogP contribution is 2.57. The van der Waals surface area contributed by atoms with Crippen LogP contribution < -0.4 is 10.6 Å². The first-order valence-corrected chi connectivity index (χ1v) is 11.8. The van der Waals surface area contributed by atoms with Crippen LogP contribution >= 0.6 is 11.6 Å². The smallest absolute Gasteiger partial charge is 0.255 e. The Morgan fingerprint density at radius 2 is 1.80 bits per heavy atom. The number of pyridine rings is 1. The summed E-state index contributed by atoms with van der Waals surface area (Å²) in [5.41, 5.74) is 2.78. The molecule has 0 radical (unpaired) electrons. The minimum Gasteiger partial charge on any atom is -0.437 e. The van der Waals surface area contributed by atoms with E-state index in [1.165, 1.54) is 31.3 Å². The third kappa shape index (κ3) is 3.58. The van der Waals surface area contributed by atoms with Gasteiger partial charge in [-0.2, -0.15) is 0 Å². The Morgan fingerprint density at radius 1 is 1.06 bits per heavy atom. The number of nitrogens with one attached hydrogen (secondary N) is 2. The first kappa shape index (κ1) is 21.8. The summed E-state index contributed by atoms with van der Waals surface area (Å²) >= 11 is 6.53. The molecule has 0 aliphatic heterocycles. The van der Waals surface area contributed by atoms with Crippen molar-refractivity contribution in [3.63, 3.8) is 0 Å². The summed E-state index contributed by atoms with van der Waals surface area (Å²) in [6.07, 6.45) is 3.18. The summed E-state index contributed by atoms with van der Waals surface area (Å²) in [5, 5.41) is 6.44. The molecule has 3 saturated carbocycles. The van der Waals surface area contributed by atoms with Gasteiger partial charge in [-0.05, 0) is 73.2 Å². The Kier molecular flexibility index (Phi) is 4.93. The monoisotopic (exact) mass is 489 g/mol. The molecule has 2 heterocycles. The zero-order valence-corrected chi connectivity index (χ0v) is 19.6. The van der Waals surface area contributed by atoms with E-state index in [0.717, 1.165) is 25.2 Å². The lowest BCUT2D eigenvalue weighted by atomic mass is 9.50. The summed E-state index contributed by atoms with van der Waals surface area (Å²) < 4.78 is 19.4. The highest BCUT2D eigenvalue weighted by Gasteiger charge is 2.57. The first-order valence-electron chi connectivity index (χ1n) is 11.4. The molecule has 2 amide bonds. The molecule has 4 aromatic rings. The Balaban J connectivity index is 1.43. The highest BCUT2D eigenvalue weighted by atomic mass is 35.5. The molecular weight excluding hydrogens is 469 g/mol. The maximum atomic E-state index is 13.5.